The van der Waals surface area contributed by atoms with E-state index >= 15 is 0 Å². The average molecular weight is 401 g/mol. The minimum Gasteiger partial charge on any atom is 0 e. The molecule has 4 heteroatoms. The van der Waals surface area contributed by atoms with Gasteiger partial charge in [-0.05, 0) is 0 Å². The summed E-state index contributed by atoms with van der Waals surface area (Å²) in [5, 5.41) is 3.15. The molecule has 22 heavy (non-hydrogen) atoms. The van der Waals surface area contributed by atoms with Gasteiger partial charge in [-0.15, -0.1) is 0 Å². The minimum atomic E-state index is -2.24. The fraction of sp³-hybridized carbons (Fsp3) is 0.722. The summed E-state index contributed by atoms with van der Waals surface area (Å²) in [5.41, 5.74) is 0. The Balaban J connectivity index is 0.00000441. The molecule has 0 amide bonds. The van der Waals surface area contributed by atoms with Crippen LogP contribution in [0.1, 0.15) is 59.3 Å². The molecule has 0 saturated heterocycles. The van der Waals surface area contributed by atoms with Gasteiger partial charge in [0.25, 0.3) is 0 Å². The van der Waals surface area contributed by atoms with E-state index in [4.69, 9.17) is 0 Å². The quantitative estimate of drug-likeness (QED) is 0.517. The molecule has 122 valence electrons. The molecule has 0 spiro atoms. The fourth-order valence-corrected chi connectivity index (χ4v) is 18.9. The Hall–Kier alpha value is -0.342. The second kappa shape index (κ2) is 12.1. The van der Waals surface area contributed by atoms with Gasteiger partial charge < -0.3 is 0 Å². The van der Waals surface area contributed by atoms with Gasteiger partial charge >= 0.3 is 136 Å². The van der Waals surface area contributed by atoms with Crippen LogP contribution in [0.15, 0.2) is 18.3 Å². The Morgan fingerprint density at radius 1 is 0.909 bits per heavy atom. The zero-order valence-electron chi connectivity index (χ0n) is 15.3. The number of anilines is 1. The van der Waals surface area contributed by atoms with Crippen LogP contribution in [0.3, 0.4) is 0 Å². The fourth-order valence-electron chi connectivity index (χ4n) is 3.21. The molecular weight excluding hydrogens is 367 g/mol. The van der Waals surface area contributed by atoms with Crippen LogP contribution >= 0.6 is 0 Å². The maximum atomic E-state index is 4.63. The van der Waals surface area contributed by atoms with Crippen molar-refractivity contribution in [2.24, 2.45) is 0 Å². The first-order chi connectivity index (χ1) is 10.2. The van der Waals surface area contributed by atoms with Crippen molar-refractivity contribution in [1.29, 1.82) is 0 Å². The molecule has 0 aliphatic rings. The predicted octanol–water partition coefficient (Wildman–Crippen LogP) is 5.18. The van der Waals surface area contributed by atoms with E-state index in [-0.39, 0.29) is 6.15 Å². The summed E-state index contributed by atoms with van der Waals surface area (Å²) in [6, 6.07) is 4.58. The second-order valence-corrected chi connectivity index (χ2v) is 19.5. The first-order valence-electron chi connectivity index (χ1n) is 8.86. The van der Waals surface area contributed by atoms with Crippen LogP contribution in [-0.2, 0) is 0 Å². The Morgan fingerprint density at radius 2 is 1.41 bits per heavy atom. The van der Waals surface area contributed by atoms with Crippen molar-refractivity contribution in [3.63, 3.8) is 0 Å². The number of pyridine rings is 1. The first kappa shape index (κ1) is 21.7. The van der Waals surface area contributed by atoms with Gasteiger partial charge in [-0.3, -0.25) is 0 Å². The molecule has 1 rings (SSSR count). The smallest absolute Gasteiger partial charge is 0 e. The molecule has 0 bridgehead atoms. The van der Waals surface area contributed by atoms with E-state index in [9.17, 15) is 0 Å². The van der Waals surface area contributed by atoms with E-state index in [1.807, 2.05) is 7.05 Å². The number of hydrogen-bond acceptors (Lipinski definition) is 2. The molecule has 2 nitrogen and oxygen atoms in total. The summed E-state index contributed by atoms with van der Waals surface area (Å²) in [6.07, 6.45) is 10.4. The van der Waals surface area contributed by atoms with Crippen LogP contribution in [0.25, 0.3) is 0 Å². The number of rotatable bonds is 11. The Labute approximate surface area is 142 Å². The summed E-state index contributed by atoms with van der Waals surface area (Å²) in [5.74, 6) is 1.00. The van der Waals surface area contributed by atoms with Crippen LogP contribution in [0.5, 0.6) is 0 Å². The van der Waals surface area contributed by atoms with Crippen molar-refractivity contribution in [2.45, 2.75) is 72.6 Å². The number of hydrogen-bond donors (Lipinski definition) is 1. The molecular formula is C18H34HeN2Sn. The summed E-state index contributed by atoms with van der Waals surface area (Å²) < 4.78 is 6.22. The Morgan fingerprint density at radius 3 is 1.73 bits per heavy atom. The summed E-state index contributed by atoms with van der Waals surface area (Å²) in [7, 11) is 1.95. The van der Waals surface area contributed by atoms with Gasteiger partial charge in [0.1, 0.15) is 0 Å². The van der Waals surface area contributed by atoms with E-state index in [0.717, 1.165) is 5.82 Å². The number of nitrogens with zero attached hydrogens (tertiary/aromatic N) is 1. The molecule has 0 atom stereocenters. The number of unbranched alkanes of at least 4 members (excludes halogenated alkanes) is 3. The first-order valence-corrected chi connectivity index (χ1v) is 16.3. The van der Waals surface area contributed by atoms with E-state index in [2.05, 4.69) is 49.4 Å². The van der Waals surface area contributed by atoms with Crippen molar-refractivity contribution in [3.8, 4) is 0 Å². The molecule has 0 unspecified atom stereocenters. The van der Waals surface area contributed by atoms with E-state index in [1.165, 1.54) is 51.8 Å². The van der Waals surface area contributed by atoms with Crippen LogP contribution in [0.4, 0.5) is 5.82 Å². The third-order valence-corrected chi connectivity index (χ3v) is 20.2. The molecule has 1 heterocycles. The third kappa shape index (κ3) is 6.42. The number of nitrogens with one attached hydrogen (secondary N) is 1. The van der Waals surface area contributed by atoms with Gasteiger partial charge in [-0.25, -0.2) is 0 Å². The number of aromatic nitrogens is 1. The van der Waals surface area contributed by atoms with Crippen LogP contribution < -0.4 is 8.90 Å². The van der Waals surface area contributed by atoms with Crippen molar-refractivity contribution < 1.29 is 6.15 Å². The SMILES string of the molecule is CCC[CH2][Sn]([CH2]CCC)([CH2]CCC)[c]1ccc(NC)nc1.[He]. The Bertz CT molecular complexity index is 359. The molecule has 1 N–H and O–H groups in total. The molecule has 0 aliphatic carbocycles. The molecule has 1 aromatic rings. The van der Waals surface area contributed by atoms with Crippen LogP contribution in [0, 0.1) is 6.15 Å². The molecule has 0 saturated carbocycles. The van der Waals surface area contributed by atoms with Gasteiger partial charge in [0.15, 0.2) is 0 Å². The largest absolute Gasteiger partial charge is 0 e. The maximum Gasteiger partial charge on any atom is 0 e. The van der Waals surface area contributed by atoms with Crippen molar-refractivity contribution in [2.75, 3.05) is 12.4 Å². The summed E-state index contributed by atoms with van der Waals surface area (Å²) in [4.78, 5) is 4.63. The minimum absolute atomic E-state index is 0. The molecule has 1 aromatic heterocycles. The van der Waals surface area contributed by atoms with Crippen molar-refractivity contribution in [3.05, 3.63) is 18.3 Å². The molecule has 0 radical (unpaired) electrons. The van der Waals surface area contributed by atoms with E-state index < -0.39 is 18.4 Å². The standard InChI is InChI=1S/C6H7N2.3C4H9.He.Sn/c1-7-6-4-2-3-5-8-6;3*1-3-4-2;;/h2,4-5H,1H3,(H,7,8);3*1,3-4H2,2H3;;. The average Bonchev–Trinajstić information content (AvgIpc) is 2.55. The summed E-state index contributed by atoms with van der Waals surface area (Å²) >= 11 is -2.24. The zero-order chi connectivity index (χ0) is 15.6. The maximum absolute atomic E-state index is 4.63. The monoisotopic (exact) mass is 402 g/mol. The second-order valence-electron chi connectivity index (χ2n) is 6.27. The van der Waals surface area contributed by atoms with Crippen LogP contribution in [-0.4, -0.2) is 30.4 Å². The Kier molecular flexibility index (Phi) is 11.9. The topological polar surface area (TPSA) is 24.9 Å². The molecule has 0 aromatic carbocycles. The predicted molar refractivity (Wildman–Crippen MR) is 98.3 cm³/mol. The van der Waals surface area contributed by atoms with E-state index in [0.29, 0.717) is 0 Å². The van der Waals surface area contributed by atoms with Crippen LogP contribution in [0.2, 0.25) is 13.3 Å². The molecule has 0 aliphatic heterocycles. The van der Waals surface area contributed by atoms with Gasteiger partial charge in [-0.1, -0.05) is 0 Å². The molecule has 0 fully saturated rings. The zero-order valence-corrected chi connectivity index (χ0v) is 18.1. The third-order valence-electron chi connectivity index (χ3n) is 4.66. The van der Waals surface area contributed by atoms with Gasteiger partial charge in [0, 0.05) is 6.15 Å². The summed E-state index contributed by atoms with van der Waals surface area (Å²) in [6.45, 7) is 7.00. The van der Waals surface area contributed by atoms with E-state index in [1.54, 1.807) is 3.58 Å². The van der Waals surface area contributed by atoms with Crippen molar-refractivity contribution in [1.82, 2.24) is 4.98 Å². The van der Waals surface area contributed by atoms with Crippen molar-refractivity contribution >= 4 is 27.8 Å². The normalized spacial score (nSPS) is 11.1. The van der Waals surface area contributed by atoms with Gasteiger partial charge in [-0.2, -0.15) is 0 Å². The van der Waals surface area contributed by atoms with Gasteiger partial charge in [0.05, 0.1) is 0 Å². The van der Waals surface area contributed by atoms with Gasteiger partial charge in [0.2, 0.25) is 0 Å².